The maximum atomic E-state index is 5.85. The van der Waals surface area contributed by atoms with Crippen molar-refractivity contribution in [3.05, 3.63) is 18.0 Å². The first-order valence-corrected chi connectivity index (χ1v) is 7.04. The van der Waals surface area contributed by atoms with Gasteiger partial charge >= 0.3 is 0 Å². The van der Waals surface area contributed by atoms with Crippen LogP contribution in [-0.4, -0.2) is 33.6 Å². The van der Waals surface area contributed by atoms with E-state index in [1.807, 2.05) is 0 Å². The molecule has 0 spiro atoms. The molecular formula is C13H22ClN3. The molecule has 1 heterocycles. The molecule has 1 aliphatic carbocycles. The van der Waals surface area contributed by atoms with Gasteiger partial charge < -0.3 is 0 Å². The molecule has 0 bridgehead atoms. The maximum absolute atomic E-state index is 5.85. The van der Waals surface area contributed by atoms with Crippen LogP contribution in [0.15, 0.2) is 12.3 Å². The van der Waals surface area contributed by atoms with E-state index in [4.69, 9.17) is 11.6 Å². The van der Waals surface area contributed by atoms with Crippen molar-refractivity contribution >= 4 is 11.6 Å². The minimum Gasteiger partial charge on any atom is -0.297 e. The molecule has 0 aliphatic heterocycles. The smallest absolute Gasteiger partial charge is 0.0764 e. The fraction of sp³-hybridized carbons (Fsp3) is 0.769. The van der Waals surface area contributed by atoms with E-state index in [1.165, 1.54) is 25.7 Å². The fourth-order valence-electron chi connectivity index (χ4n) is 2.36. The van der Waals surface area contributed by atoms with Gasteiger partial charge in [0.1, 0.15) is 0 Å². The summed E-state index contributed by atoms with van der Waals surface area (Å²) in [6, 6.07) is 3.17. The fourth-order valence-corrected chi connectivity index (χ4v) is 2.60. The highest BCUT2D eigenvalue weighted by molar-refractivity contribution is 6.18. The molecule has 1 saturated carbocycles. The Morgan fingerprint density at radius 3 is 2.88 bits per heavy atom. The Balaban J connectivity index is 1.93. The summed E-state index contributed by atoms with van der Waals surface area (Å²) in [4.78, 5) is 2.24. The number of alkyl halides is 1. The first kappa shape index (κ1) is 12.9. The van der Waals surface area contributed by atoms with Crippen LogP contribution in [-0.2, 0) is 6.54 Å². The van der Waals surface area contributed by atoms with Gasteiger partial charge in [-0.1, -0.05) is 12.8 Å². The van der Waals surface area contributed by atoms with Gasteiger partial charge in [0, 0.05) is 24.7 Å². The summed E-state index contributed by atoms with van der Waals surface area (Å²) < 4.78 is 2.15. The summed E-state index contributed by atoms with van der Waals surface area (Å²) >= 11 is 5.85. The summed E-state index contributed by atoms with van der Waals surface area (Å²) in [5.74, 6) is 0.667. The minimum absolute atomic E-state index is 0.397. The van der Waals surface area contributed by atoms with E-state index in [0.717, 1.165) is 12.2 Å². The van der Waals surface area contributed by atoms with Crippen molar-refractivity contribution in [2.75, 3.05) is 12.9 Å². The number of nitrogens with zero attached hydrogens (tertiary/aromatic N) is 3. The van der Waals surface area contributed by atoms with Crippen molar-refractivity contribution in [2.24, 2.45) is 0 Å². The zero-order valence-corrected chi connectivity index (χ0v) is 11.5. The summed E-state index contributed by atoms with van der Waals surface area (Å²) in [6.07, 6.45) is 7.40. The number of halogens is 1. The van der Waals surface area contributed by atoms with Crippen LogP contribution in [0.4, 0.5) is 0 Å². The lowest BCUT2D eigenvalue weighted by molar-refractivity contribution is 0.263. The van der Waals surface area contributed by atoms with Gasteiger partial charge in [0.25, 0.3) is 0 Å². The lowest BCUT2D eigenvalue weighted by Gasteiger charge is -2.21. The molecule has 0 saturated heterocycles. The number of hydrogen-bond donors (Lipinski definition) is 0. The van der Waals surface area contributed by atoms with E-state index in [1.54, 1.807) is 0 Å². The molecule has 4 heteroatoms. The average Bonchev–Trinajstić information content (AvgIpc) is 2.97. The molecule has 96 valence electrons. The molecule has 0 amide bonds. The van der Waals surface area contributed by atoms with Crippen molar-refractivity contribution in [1.29, 1.82) is 0 Å². The highest BCUT2D eigenvalue weighted by Crippen LogP contribution is 2.28. The van der Waals surface area contributed by atoms with Crippen LogP contribution in [0.3, 0.4) is 0 Å². The molecule has 2 rings (SSSR count). The molecule has 0 radical (unpaired) electrons. The number of hydrogen-bond acceptors (Lipinski definition) is 2. The third-order valence-corrected chi connectivity index (χ3v) is 4.20. The van der Waals surface area contributed by atoms with E-state index in [0.29, 0.717) is 18.0 Å². The lowest BCUT2D eigenvalue weighted by atomic mass is 10.3. The Labute approximate surface area is 109 Å². The Kier molecular flexibility index (Phi) is 4.46. The van der Waals surface area contributed by atoms with E-state index >= 15 is 0 Å². The van der Waals surface area contributed by atoms with Gasteiger partial charge in [-0.05, 0) is 32.9 Å². The average molecular weight is 256 g/mol. The van der Waals surface area contributed by atoms with Crippen LogP contribution in [0.2, 0.25) is 0 Å². The third kappa shape index (κ3) is 3.23. The van der Waals surface area contributed by atoms with Crippen molar-refractivity contribution < 1.29 is 0 Å². The summed E-state index contributed by atoms with van der Waals surface area (Å²) in [5.41, 5.74) is 1.15. The zero-order chi connectivity index (χ0) is 12.3. The van der Waals surface area contributed by atoms with Gasteiger partial charge in [-0.15, -0.1) is 11.6 Å². The normalized spacial score (nSPS) is 19.1. The Morgan fingerprint density at radius 2 is 2.24 bits per heavy atom. The summed E-state index contributed by atoms with van der Waals surface area (Å²) in [6.45, 7) is 3.02. The minimum atomic E-state index is 0.397. The predicted octanol–water partition coefficient (Wildman–Crippen LogP) is 3.06. The van der Waals surface area contributed by atoms with Gasteiger partial charge in [-0.3, -0.25) is 9.58 Å². The van der Waals surface area contributed by atoms with Crippen molar-refractivity contribution in [3.8, 4) is 0 Å². The van der Waals surface area contributed by atoms with Crippen LogP contribution >= 0.6 is 11.6 Å². The molecule has 1 fully saturated rings. The highest BCUT2D eigenvalue weighted by Gasteiger charge is 2.18. The van der Waals surface area contributed by atoms with Gasteiger partial charge in [0.2, 0.25) is 0 Å². The quantitative estimate of drug-likeness (QED) is 0.754. The van der Waals surface area contributed by atoms with E-state index in [2.05, 4.69) is 40.9 Å². The topological polar surface area (TPSA) is 21.1 Å². The van der Waals surface area contributed by atoms with Crippen molar-refractivity contribution in [2.45, 2.75) is 51.2 Å². The maximum Gasteiger partial charge on any atom is 0.0764 e. The summed E-state index contributed by atoms with van der Waals surface area (Å²) in [5, 5.41) is 4.68. The predicted molar refractivity (Wildman–Crippen MR) is 71.4 cm³/mol. The van der Waals surface area contributed by atoms with Gasteiger partial charge in [0.15, 0.2) is 0 Å². The third-order valence-electron chi connectivity index (χ3n) is 3.75. The van der Waals surface area contributed by atoms with Gasteiger partial charge in [0.05, 0.1) is 11.7 Å². The standard InChI is InChI=1S/C13H22ClN3/c1-11(9-14)16(2)10-12-7-8-17(15-12)13-5-3-4-6-13/h7-8,11,13H,3-6,9-10H2,1-2H3. The van der Waals surface area contributed by atoms with Crippen LogP contribution in [0.25, 0.3) is 0 Å². The van der Waals surface area contributed by atoms with Crippen molar-refractivity contribution in [1.82, 2.24) is 14.7 Å². The second-order valence-corrected chi connectivity index (χ2v) is 5.45. The largest absolute Gasteiger partial charge is 0.297 e. The van der Waals surface area contributed by atoms with Crippen LogP contribution in [0.1, 0.15) is 44.3 Å². The second kappa shape index (κ2) is 5.87. The van der Waals surface area contributed by atoms with E-state index in [9.17, 15) is 0 Å². The Bertz CT molecular complexity index is 344. The van der Waals surface area contributed by atoms with Crippen LogP contribution in [0.5, 0.6) is 0 Å². The lowest BCUT2D eigenvalue weighted by Crippen LogP contribution is -2.30. The number of rotatable bonds is 5. The van der Waals surface area contributed by atoms with Crippen molar-refractivity contribution in [3.63, 3.8) is 0 Å². The molecule has 1 atom stereocenters. The molecular weight excluding hydrogens is 234 g/mol. The first-order valence-electron chi connectivity index (χ1n) is 6.51. The van der Waals surface area contributed by atoms with Gasteiger partial charge in [-0.2, -0.15) is 5.10 Å². The molecule has 0 N–H and O–H groups in total. The molecule has 1 aromatic heterocycles. The molecule has 1 aliphatic rings. The summed E-state index contributed by atoms with van der Waals surface area (Å²) in [7, 11) is 2.10. The van der Waals surface area contributed by atoms with E-state index in [-0.39, 0.29) is 0 Å². The number of aromatic nitrogens is 2. The molecule has 3 nitrogen and oxygen atoms in total. The first-order chi connectivity index (χ1) is 8.20. The SMILES string of the molecule is CC(CCl)N(C)Cc1ccn(C2CCCC2)n1. The van der Waals surface area contributed by atoms with Crippen LogP contribution in [0, 0.1) is 0 Å². The molecule has 0 aromatic carbocycles. The molecule has 1 unspecified atom stereocenters. The highest BCUT2D eigenvalue weighted by atomic mass is 35.5. The van der Waals surface area contributed by atoms with E-state index < -0.39 is 0 Å². The molecule has 1 aromatic rings. The molecule has 17 heavy (non-hydrogen) atoms. The zero-order valence-electron chi connectivity index (χ0n) is 10.8. The second-order valence-electron chi connectivity index (χ2n) is 5.14. The Hall–Kier alpha value is -0.540. The Morgan fingerprint density at radius 1 is 1.53 bits per heavy atom. The van der Waals surface area contributed by atoms with Crippen LogP contribution < -0.4 is 0 Å². The van der Waals surface area contributed by atoms with Gasteiger partial charge in [-0.25, -0.2) is 0 Å². The monoisotopic (exact) mass is 255 g/mol.